The van der Waals surface area contributed by atoms with Gasteiger partial charge in [0.15, 0.2) is 11.7 Å². The SMILES string of the molecule is CCNC(=NCC(C)(C)C(N)=O)NCCOc1c(Cl)cc(Cl)cc1Cl. The summed E-state index contributed by atoms with van der Waals surface area (Å²) in [6.45, 7) is 7.15. The third kappa shape index (κ3) is 7.18. The Labute approximate surface area is 163 Å². The fourth-order valence-electron chi connectivity index (χ4n) is 1.69. The van der Waals surface area contributed by atoms with Gasteiger partial charge < -0.3 is 21.1 Å². The number of guanidine groups is 1. The standard InChI is InChI=1S/C16H23Cl3N4O2/c1-4-21-15(23-9-16(2,3)14(20)24)22-5-6-25-13-11(18)7-10(17)8-12(13)19/h7-8H,4-6,9H2,1-3H3,(H2,20,24)(H2,21,22,23). The van der Waals surface area contributed by atoms with E-state index in [1.165, 1.54) is 0 Å². The van der Waals surface area contributed by atoms with Crippen LogP contribution in [0.4, 0.5) is 0 Å². The van der Waals surface area contributed by atoms with Crippen molar-refractivity contribution in [1.29, 1.82) is 0 Å². The second-order valence-corrected chi connectivity index (χ2v) is 7.17. The van der Waals surface area contributed by atoms with E-state index in [0.29, 0.717) is 46.5 Å². The van der Waals surface area contributed by atoms with Gasteiger partial charge in [0, 0.05) is 11.6 Å². The van der Waals surface area contributed by atoms with E-state index in [2.05, 4.69) is 15.6 Å². The molecule has 0 aromatic heterocycles. The third-order valence-electron chi connectivity index (χ3n) is 3.25. The fourth-order valence-corrected chi connectivity index (χ4v) is 2.61. The molecule has 0 spiro atoms. The largest absolute Gasteiger partial charge is 0.489 e. The number of nitrogens with zero attached hydrogens (tertiary/aromatic N) is 1. The molecule has 0 bridgehead atoms. The molecule has 0 saturated heterocycles. The first kappa shape index (κ1) is 21.7. The molecule has 0 fully saturated rings. The number of nitrogens with two attached hydrogens (primary N) is 1. The van der Waals surface area contributed by atoms with Crippen LogP contribution in [-0.2, 0) is 4.79 Å². The van der Waals surface area contributed by atoms with Crippen molar-refractivity contribution in [3.8, 4) is 5.75 Å². The van der Waals surface area contributed by atoms with E-state index in [-0.39, 0.29) is 6.54 Å². The van der Waals surface area contributed by atoms with E-state index in [1.54, 1.807) is 26.0 Å². The number of benzene rings is 1. The summed E-state index contributed by atoms with van der Waals surface area (Å²) in [5, 5.41) is 7.33. The number of aliphatic imine (C=N–C) groups is 1. The lowest BCUT2D eigenvalue weighted by Gasteiger charge is -2.19. The zero-order valence-corrected chi connectivity index (χ0v) is 16.7. The predicted octanol–water partition coefficient (Wildman–Crippen LogP) is 3.09. The molecule has 1 aromatic carbocycles. The molecule has 6 nitrogen and oxygen atoms in total. The van der Waals surface area contributed by atoms with E-state index in [1.807, 2.05) is 6.92 Å². The molecule has 0 aliphatic carbocycles. The second-order valence-electron chi connectivity index (χ2n) is 5.92. The number of carbonyl (C=O) groups is 1. The van der Waals surface area contributed by atoms with Crippen LogP contribution < -0.4 is 21.1 Å². The Morgan fingerprint density at radius 1 is 1.24 bits per heavy atom. The summed E-state index contributed by atoms with van der Waals surface area (Å²) < 4.78 is 5.59. The first-order valence-corrected chi connectivity index (χ1v) is 8.90. The zero-order chi connectivity index (χ0) is 19.0. The van der Waals surface area contributed by atoms with Crippen LogP contribution in [0.1, 0.15) is 20.8 Å². The van der Waals surface area contributed by atoms with Crippen molar-refractivity contribution in [3.05, 3.63) is 27.2 Å². The summed E-state index contributed by atoms with van der Waals surface area (Å²) in [5.41, 5.74) is 4.63. The number of rotatable bonds is 8. The summed E-state index contributed by atoms with van der Waals surface area (Å²) in [4.78, 5) is 15.7. The molecule has 0 atom stereocenters. The van der Waals surface area contributed by atoms with E-state index >= 15 is 0 Å². The van der Waals surface area contributed by atoms with Crippen LogP contribution in [0.3, 0.4) is 0 Å². The van der Waals surface area contributed by atoms with Gasteiger partial charge in [0.2, 0.25) is 5.91 Å². The Balaban J connectivity index is 2.58. The van der Waals surface area contributed by atoms with Crippen LogP contribution in [0, 0.1) is 5.41 Å². The van der Waals surface area contributed by atoms with Crippen LogP contribution in [0.15, 0.2) is 17.1 Å². The number of primary amides is 1. The summed E-state index contributed by atoms with van der Waals surface area (Å²) >= 11 is 18.0. The van der Waals surface area contributed by atoms with E-state index in [0.717, 1.165) is 0 Å². The fraction of sp³-hybridized carbons (Fsp3) is 0.500. The highest BCUT2D eigenvalue weighted by Crippen LogP contribution is 2.35. The van der Waals surface area contributed by atoms with Gasteiger partial charge >= 0.3 is 0 Å². The smallest absolute Gasteiger partial charge is 0.224 e. The average Bonchev–Trinajstić information content (AvgIpc) is 2.50. The molecule has 1 aromatic rings. The van der Waals surface area contributed by atoms with Gasteiger partial charge in [-0.3, -0.25) is 9.79 Å². The Kier molecular flexibility index (Phi) is 8.62. The van der Waals surface area contributed by atoms with Crippen LogP contribution >= 0.6 is 34.8 Å². The molecule has 0 heterocycles. The second kappa shape index (κ2) is 9.94. The molecule has 1 amide bonds. The summed E-state index contributed by atoms with van der Waals surface area (Å²) in [6, 6.07) is 3.13. The summed E-state index contributed by atoms with van der Waals surface area (Å²) in [5.74, 6) is 0.544. The molecule has 0 aliphatic rings. The molecular weight excluding hydrogens is 387 g/mol. The number of carbonyl (C=O) groups excluding carboxylic acids is 1. The lowest BCUT2D eigenvalue weighted by molar-refractivity contribution is -0.125. The van der Waals surface area contributed by atoms with Gasteiger partial charge in [-0.2, -0.15) is 0 Å². The lowest BCUT2D eigenvalue weighted by atomic mass is 9.93. The molecule has 0 radical (unpaired) electrons. The number of nitrogens with one attached hydrogen (secondary N) is 2. The van der Waals surface area contributed by atoms with Crippen molar-refractivity contribution in [2.75, 3.05) is 26.2 Å². The minimum atomic E-state index is -0.719. The van der Waals surface area contributed by atoms with Crippen molar-refractivity contribution >= 4 is 46.7 Å². The predicted molar refractivity (Wildman–Crippen MR) is 104 cm³/mol. The van der Waals surface area contributed by atoms with Gasteiger partial charge in [-0.1, -0.05) is 34.8 Å². The van der Waals surface area contributed by atoms with Crippen molar-refractivity contribution in [1.82, 2.24) is 10.6 Å². The van der Waals surface area contributed by atoms with Gasteiger partial charge in [-0.25, -0.2) is 0 Å². The molecule has 0 saturated carbocycles. The Bertz CT molecular complexity index is 613. The molecule has 140 valence electrons. The van der Waals surface area contributed by atoms with E-state index < -0.39 is 11.3 Å². The number of hydrogen-bond acceptors (Lipinski definition) is 3. The van der Waals surface area contributed by atoms with Gasteiger partial charge in [0.05, 0.1) is 28.5 Å². The Morgan fingerprint density at radius 3 is 2.36 bits per heavy atom. The first-order valence-electron chi connectivity index (χ1n) is 7.76. The van der Waals surface area contributed by atoms with Crippen LogP contribution in [0.5, 0.6) is 5.75 Å². The highest BCUT2D eigenvalue weighted by atomic mass is 35.5. The molecule has 0 unspecified atom stereocenters. The normalized spacial score (nSPS) is 12.0. The average molecular weight is 410 g/mol. The summed E-state index contributed by atoms with van der Waals surface area (Å²) in [7, 11) is 0. The summed E-state index contributed by atoms with van der Waals surface area (Å²) in [6.07, 6.45) is 0. The molecular formula is C16H23Cl3N4O2. The quantitative estimate of drug-likeness (QED) is 0.350. The highest BCUT2D eigenvalue weighted by Gasteiger charge is 2.24. The highest BCUT2D eigenvalue weighted by molar-refractivity contribution is 6.40. The molecule has 1 rings (SSSR count). The van der Waals surface area contributed by atoms with Gasteiger partial charge in [0.25, 0.3) is 0 Å². The number of halogens is 3. The maximum absolute atomic E-state index is 11.4. The van der Waals surface area contributed by atoms with Gasteiger partial charge in [-0.15, -0.1) is 0 Å². The number of hydrogen-bond donors (Lipinski definition) is 3. The lowest BCUT2D eigenvalue weighted by Crippen LogP contribution is -2.41. The Hall–Kier alpha value is -1.37. The minimum absolute atomic E-state index is 0.271. The maximum atomic E-state index is 11.4. The maximum Gasteiger partial charge on any atom is 0.224 e. The Morgan fingerprint density at radius 2 is 1.84 bits per heavy atom. The number of ether oxygens (including phenoxy) is 1. The zero-order valence-electron chi connectivity index (χ0n) is 14.5. The van der Waals surface area contributed by atoms with Crippen molar-refractivity contribution in [3.63, 3.8) is 0 Å². The number of amides is 1. The molecule has 0 aliphatic heterocycles. The van der Waals surface area contributed by atoms with Crippen LogP contribution in [-0.4, -0.2) is 38.1 Å². The topological polar surface area (TPSA) is 88.7 Å². The molecule has 4 N–H and O–H groups in total. The van der Waals surface area contributed by atoms with Crippen molar-refractivity contribution in [2.24, 2.45) is 16.1 Å². The van der Waals surface area contributed by atoms with Gasteiger partial charge in [0.1, 0.15) is 6.61 Å². The molecule has 9 heteroatoms. The first-order chi connectivity index (χ1) is 11.7. The van der Waals surface area contributed by atoms with E-state index in [4.69, 9.17) is 45.3 Å². The van der Waals surface area contributed by atoms with Crippen LogP contribution in [0.2, 0.25) is 15.1 Å². The van der Waals surface area contributed by atoms with Crippen molar-refractivity contribution < 1.29 is 9.53 Å². The molecule has 25 heavy (non-hydrogen) atoms. The van der Waals surface area contributed by atoms with Gasteiger partial charge in [-0.05, 0) is 32.9 Å². The van der Waals surface area contributed by atoms with Crippen LogP contribution in [0.25, 0.3) is 0 Å². The third-order valence-corrected chi connectivity index (χ3v) is 4.03. The monoisotopic (exact) mass is 408 g/mol. The van der Waals surface area contributed by atoms with E-state index in [9.17, 15) is 4.79 Å². The minimum Gasteiger partial charge on any atom is -0.489 e. The van der Waals surface area contributed by atoms with Crippen molar-refractivity contribution in [2.45, 2.75) is 20.8 Å².